The Morgan fingerprint density at radius 2 is 1.95 bits per heavy atom. The van der Waals surface area contributed by atoms with E-state index in [0.717, 1.165) is 0 Å². The molecule has 1 heterocycles. The van der Waals surface area contributed by atoms with Crippen molar-refractivity contribution in [1.82, 2.24) is 15.8 Å². The Kier molecular flexibility index (Phi) is 6.10. The van der Waals surface area contributed by atoms with Crippen LogP contribution in [0.1, 0.15) is 33.6 Å². The summed E-state index contributed by atoms with van der Waals surface area (Å²) >= 11 is 0. The SMILES string of the molecule is CC(NC(=O)C(N)C(C)C)C(=O)N1CCCC(C(=O)O)N1. The Morgan fingerprint density at radius 3 is 2.48 bits per heavy atom. The van der Waals surface area contributed by atoms with Crippen molar-refractivity contribution in [2.75, 3.05) is 6.54 Å². The normalized spacial score (nSPS) is 21.8. The van der Waals surface area contributed by atoms with Gasteiger partial charge >= 0.3 is 5.97 Å². The number of carboxylic acid groups (broad SMARTS) is 1. The summed E-state index contributed by atoms with van der Waals surface area (Å²) in [6, 6.07) is -2.22. The summed E-state index contributed by atoms with van der Waals surface area (Å²) in [7, 11) is 0. The second-order valence-corrected chi connectivity index (χ2v) is 5.65. The molecule has 120 valence electrons. The monoisotopic (exact) mass is 300 g/mol. The zero-order valence-electron chi connectivity index (χ0n) is 12.6. The van der Waals surface area contributed by atoms with Gasteiger partial charge in [0.15, 0.2) is 0 Å². The minimum absolute atomic E-state index is 0.0307. The molecule has 0 radical (unpaired) electrons. The highest BCUT2D eigenvalue weighted by Gasteiger charge is 2.31. The molecule has 0 saturated carbocycles. The Balaban J connectivity index is 2.57. The van der Waals surface area contributed by atoms with Crippen LogP contribution in [0.5, 0.6) is 0 Å². The molecule has 0 spiro atoms. The molecular weight excluding hydrogens is 276 g/mol. The van der Waals surface area contributed by atoms with E-state index in [1.807, 2.05) is 13.8 Å². The molecule has 3 unspecified atom stereocenters. The summed E-state index contributed by atoms with van der Waals surface area (Å²) in [6.45, 7) is 5.61. The van der Waals surface area contributed by atoms with Crippen molar-refractivity contribution in [3.63, 3.8) is 0 Å². The first kappa shape index (κ1) is 17.4. The molecule has 2 amide bonds. The number of carbonyl (C=O) groups is 3. The number of nitrogens with one attached hydrogen (secondary N) is 2. The summed E-state index contributed by atoms with van der Waals surface area (Å²) in [6.07, 6.45) is 1.07. The van der Waals surface area contributed by atoms with E-state index < -0.39 is 30.0 Å². The maximum atomic E-state index is 12.2. The molecule has 1 fully saturated rings. The van der Waals surface area contributed by atoms with E-state index in [-0.39, 0.29) is 11.8 Å². The molecule has 0 aliphatic carbocycles. The molecule has 0 aromatic rings. The number of carbonyl (C=O) groups excluding carboxylic acids is 2. The maximum Gasteiger partial charge on any atom is 0.322 e. The Bertz CT molecular complexity index is 413. The molecule has 1 saturated heterocycles. The van der Waals surface area contributed by atoms with Crippen LogP contribution in [0.2, 0.25) is 0 Å². The van der Waals surface area contributed by atoms with Gasteiger partial charge in [0.05, 0.1) is 6.04 Å². The Labute approximate surface area is 124 Å². The van der Waals surface area contributed by atoms with Gasteiger partial charge in [-0.1, -0.05) is 13.8 Å². The molecule has 0 aromatic carbocycles. The van der Waals surface area contributed by atoms with E-state index >= 15 is 0 Å². The van der Waals surface area contributed by atoms with E-state index in [9.17, 15) is 14.4 Å². The van der Waals surface area contributed by atoms with Gasteiger partial charge in [0.1, 0.15) is 12.1 Å². The van der Waals surface area contributed by atoms with Gasteiger partial charge in [-0.25, -0.2) is 5.43 Å². The minimum Gasteiger partial charge on any atom is -0.480 e. The largest absolute Gasteiger partial charge is 0.480 e. The molecule has 5 N–H and O–H groups in total. The number of hydrogen-bond donors (Lipinski definition) is 4. The average Bonchev–Trinajstić information content (AvgIpc) is 2.45. The lowest BCUT2D eigenvalue weighted by Crippen LogP contribution is -2.60. The highest BCUT2D eigenvalue weighted by atomic mass is 16.4. The van der Waals surface area contributed by atoms with Gasteiger partial charge in [-0.05, 0) is 25.7 Å². The lowest BCUT2D eigenvalue weighted by atomic mass is 10.0. The average molecular weight is 300 g/mol. The van der Waals surface area contributed by atoms with Crippen molar-refractivity contribution in [3.05, 3.63) is 0 Å². The van der Waals surface area contributed by atoms with Crippen molar-refractivity contribution < 1.29 is 19.5 Å². The first-order valence-electron chi connectivity index (χ1n) is 7.10. The minimum atomic E-state index is -0.994. The van der Waals surface area contributed by atoms with E-state index in [2.05, 4.69) is 10.7 Å². The van der Waals surface area contributed by atoms with Crippen molar-refractivity contribution in [1.29, 1.82) is 0 Å². The highest BCUT2D eigenvalue weighted by Crippen LogP contribution is 2.09. The number of nitrogens with zero attached hydrogens (tertiary/aromatic N) is 1. The van der Waals surface area contributed by atoms with Gasteiger partial charge in [-0.15, -0.1) is 0 Å². The zero-order chi connectivity index (χ0) is 16.2. The predicted molar refractivity (Wildman–Crippen MR) is 75.9 cm³/mol. The molecule has 0 aromatic heterocycles. The van der Waals surface area contributed by atoms with Crippen LogP contribution in [0.15, 0.2) is 0 Å². The molecule has 8 heteroatoms. The molecule has 21 heavy (non-hydrogen) atoms. The molecule has 1 aliphatic rings. The Morgan fingerprint density at radius 1 is 1.33 bits per heavy atom. The van der Waals surface area contributed by atoms with Crippen LogP contribution in [-0.4, -0.2) is 52.6 Å². The van der Waals surface area contributed by atoms with Crippen LogP contribution in [0.4, 0.5) is 0 Å². The number of hydrogen-bond acceptors (Lipinski definition) is 5. The van der Waals surface area contributed by atoms with Gasteiger partial charge in [0, 0.05) is 6.54 Å². The van der Waals surface area contributed by atoms with E-state index in [1.165, 1.54) is 5.01 Å². The fourth-order valence-electron chi connectivity index (χ4n) is 2.03. The lowest BCUT2D eigenvalue weighted by Gasteiger charge is -2.33. The van der Waals surface area contributed by atoms with E-state index in [0.29, 0.717) is 19.4 Å². The topological polar surface area (TPSA) is 125 Å². The maximum absolute atomic E-state index is 12.2. The Hall–Kier alpha value is -1.67. The van der Waals surface area contributed by atoms with Crippen molar-refractivity contribution in [2.24, 2.45) is 11.7 Å². The third-order valence-corrected chi connectivity index (χ3v) is 3.50. The van der Waals surface area contributed by atoms with Gasteiger partial charge in [0.25, 0.3) is 5.91 Å². The third kappa shape index (κ3) is 4.68. The molecular formula is C13H24N4O4. The van der Waals surface area contributed by atoms with Crippen LogP contribution in [0, 0.1) is 5.92 Å². The van der Waals surface area contributed by atoms with Crippen LogP contribution in [0.3, 0.4) is 0 Å². The zero-order valence-corrected chi connectivity index (χ0v) is 12.6. The molecule has 1 rings (SSSR count). The van der Waals surface area contributed by atoms with Crippen LogP contribution in [-0.2, 0) is 14.4 Å². The van der Waals surface area contributed by atoms with E-state index in [4.69, 9.17) is 10.8 Å². The molecule has 8 nitrogen and oxygen atoms in total. The van der Waals surface area contributed by atoms with Crippen LogP contribution >= 0.6 is 0 Å². The first-order valence-corrected chi connectivity index (χ1v) is 7.10. The quantitative estimate of drug-likeness (QED) is 0.519. The first-order chi connectivity index (χ1) is 9.73. The summed E-state index contributed by atoms with van der Waals surface area (Å²) in [4.78, 5) is 35.0. The number of aliphatic carboxylic acids is 1. The lowest BCUT2D eigenvalue weighted by molar-refractivity contribution is -0.148. The van der Waals surface area contributed by atoms with Gasteiger partial charge < -0.3 is 16.2 Å². The van der Waals surface area contributed by atoms with Gasteiger partial charge in [-0.2, -0.15) is 0 Å². The van der Waals surface area contributed by atoms with Gasteiger partial charge in [-0.3, -0.25) is 19.4 Å². The highest BCUT2D eigenvalue weighted by molar-refractivity contribution is 5.89. The van der Waals surface area contributed by atoms with E-state index in [1.54, 1.807) is 6.92 Å². The smallest absolute Gasteiger partial charge is 0.322 e. The number of amides is 2. The fraction of sp³-hybridized carbons (Fsp3) is 0.769. The predicted octanol–water partition coefficient (Wildman–Crippen LogP) is -0.945. The summed E-state index contributed by atoms with van der Waals surface area (Å²) in [5.41, 5.74) is 8.38. The summed E-state index contributed by atoms with van der Waals surface area (Å²) < 4.78 is 0. The second-order valence-electron chi connectivity index (χ2n) is 5.65. The second kappa shape index (κ2) is 7.37. The van der Waals surface area contributed by atoms with Crippen molar-refractivity contribution in [2.45, 2.75) is 51.7 Å². The van der Waals surface area contributed by atoms with Crippen molar-refractivity contribution >= 4 is 17.8 Å². The molecule has 0 bridgehead atoms. The number of carboxylic acids is 1. The van der Waals surface area contributed by atoms with Crippen LogP contribution in [0.25, 0.3) is 0 Å². The number of hydrazine groups is 1. The fourth-order valence-corrected chi connectivity index (χ4v) is 2.03. The van der Waals surface area contributed by atoms with Crippen LogP contribution < -0.4 is 16.5 Å². The summed E-state index contributed by atoms with van der Waals surface area (Å²) in [5.74, 6) is -1.79. The third-order valence-electron chi connectivity index (χ3n) is 3.50. The summed E-state index contributed by atoms with van der Waals surface area (Å²) in [5, 5.41) is 12.8. The standard InChI is InChI=1S/C13H24N4O4/c1-7(2)10(14)11(18)15-8(3)12(19)17-6-4-5-9(16-17)13(20)21/h7-10,16H,4-6,14H2,1-3H3,(H,15,18)(H,20,21). The van der Waals surface area contributed by atoms with Crippen molar-refractivity contribution in [3.8, 4) is 0 Å². The number of nitrogens with two attached hydrogens (primary N) is 1. The molecule has 3 atom stereocenters. The molecule has 1 aliphatic heterocycles. The van der Waals surface area contributed by atoms with Gasteiger partial charge in [0.2, 0.25) is 5.91 Å². The number of rotatable bonds is 5.